The molecule has 0 bridgehead atoms. The minimum atomic E-state index is -4.52. The van der Waals surface area contributed by atoms with Gasteiger partial charge in [0, 0.05) is 23.0 Å². The van der Waals surface area contributed by atoms with E-state index in [0.29, 0.717) is 36.3 Å². The van der Waals surface area contributed by atoms with Crippen molar-refractivity contribution in [2.75, 3.05) is 0 Å². The Morgan fingerprint density at radius 1 is 1.10 bits per heavy atom. The van der Waals surface area contributed by atoms with E-state index in [2.05, 4.69) is 10.1 Å². The summed E-state index contributed by atoms with van der Waals surface area (Å²) in [5, 5.41) is 15.8. The first-order valence-electron chi connectivity index (χ1n) is 11.4. The molecule has 0 aliphatic rings. The van der Waals surface area contributed by atoms with Gasteiger partial charge in [0.05, 0.1) is 36.9 Å². The highest BCUT2D eigenvalue weighted by Crippen LogP contribution is 2.39. The van der Waals surface area contributed by atoms with E-state index >= 15 is 0 Å². The van der Waals surface area contributed by atoms with E-state index in [9.17, 15) is 28.1 Å². The summed E-state index contributed by atoms with van der Waals surface area (Å²) in [4.78, 5) is 29.1. The fourth-order valence-electron chi connectivity index (χ4n) is 4.15. The molecule has 0 saturated heterocycles. The Balaban J connectivity index is 1.47. The first kappa shape index (κ1) is 26.4. The highest BCUT2D eigenvalue weighted by molar-refractivity contribution is 8.01. The third-order valence-corrected chi connectivity index (χ3v) is 8.15. The predicted molar refractivity (Wildman–Crippen MR) is 144 cm³/mol. The van der Waals surface area contributed by atoms with Crippen molar-refractivity contribution in [2.24, 2.45) is 5.10 Å². The minimum Gasteiger partial charge on any atom is -0.317 e. The number of hydrogen-bond donors (Lipinski definition) is 0. The minimum absolute atomic E-state index is 0.00172. The van der Waals surface area contributed by atoms with Crippen molar-refractivity contribution in [2.45, 2.75) is 29.1 Å². The monoisotopic (exact) mass is 569 g/mol. The fraction of sp³-hybridized carbons (Fsp3) is 0.115. The average molecular weight is 570 g/mol. The maximum Gasteiger partial charge on any atom is 0.418 e. The molecular weight excluding hydrogens is 551 g/mol. The van der Waals surface area contributed by atoms with Gasteiger partial charge in [0.2, 0.25) is 0 Å². The summed E-state index contributed by atoms with van der Waals surface area (Å²) in [5.41, 5.74) is 0.391. The van der Waals surface area contributed by atoms with Gasteiger partial charge in [0.15, 0.2) is 0 Å². The molecule has 0 amide bonds. The lowest BCUT2D eigenvalue weighted by Crippen LogP contribution is -2.16. The van der Waals surface area contributed by atoms with Gasteiger partial charge in [-0.1, -0.05) is 36.0 Å². The quantitative estimate of drug-likeness (QED) is 0.127. The van der Waals surface area contributed by atoms with E-state index in [1.807, 2.05) is 0 Å². The summed E-state index contributed by atoms with van der Waals surface area (Å²) in [6.07, 6.45) is -1.86. The Kier molecular flexibility index (Phi) is 6.87. The number of thiophene rings is 1. The molecule has 8 nitrogen and oxygen atoms in total. The number of nitro benzene ring substituents is 1. The SMILES string of the molecule is Cc1cc(/C=N\n2cnc3sc(Sc4ccccc4[N+](=O)[O-])cc3c2=O)c(C)n1-c1ccccc1C(F)(F)F. The van der Waals surface area contributed by atoms with E-state index in [4.69, 9.17) is 0 Å². The van der Waals surface area contributed by atoms with Crippen molar-refractivity contribution >= 4 is 45.2 Å². The maximum atomic E-state index is 13.6. The van der Waals surface area contributed by atoms with E-state index in [1.54, 1.807) is 50.2 Å². The lowest BCUT2D eigenvalue weighted by Gasteiger charge is -2.16. The molecule has 0 atom stereocenters. The number of benzene rings is 2. The van der Waals surface area contributed by atoms with Crippen LogP contribution >= 0.6 is 23.1 Å². The lowest BCUT2D eigenvalue weighted by molar-refractivity contribution is -0.387. The van der Waals surface area contributed by atoms with Gasteiger partial charge in [-0.3, -0.25) is 14.9 Å². The molecule has 0 spiro atoms. The van der Waals surface area contributed by atoms with Crippen LogP contribution in [0.1, 0.15) is 22.5 Å². The smallest absolute Gasteiger partial charge is 0.317 e. The highest BCUT2D eigenvalue weighted by Gasteiger charge is 2.34. The normalized spacial score (nSPS) is 12.0. The number of aryl methyl sites for hydroxylation is 1. The number of nitro groups is 1. The summed E-state index contributed by atoms with van der Waals surface area (Å²) < 4.78 is 44.0. The van der Waals surface area contributed by atoms with Crippen molar-refractivity contribution in [3.8, 4) is 5.69 Å². The second-order valence-electron chi connectivity index (χ2n) is 8.43. The number of aromatic nitrogens is 3. The fourth-order valence-corrected chi connectivity index (χ4v) is 6.33. The molecule has 5 rings (SSSR count). The van der Waals surface area contributed by atoms with Gasteiger partial charge in [0.25, 0.3) is 11.2 Å². The van der Waals surface area contributed by atoms with Crippen LogP contribution in [0.25, 0.3) is 15.9 Å². The summed E-state index contributed by atoms with van der Waals surface area (Å²) >= 11 is 2.39. The van der Waals surface area contributed by atoms with Crippen molar-refractivity contribution in [3.05, 3.63) is 110 Å². The van der Waals surface area contributed by atoms with Gasteiger partial charge in [-0.05, 0) is 44.2 Å². The number of fused-ring (bicyclic) bond motifs is 1. The summed E-state index contributed by atoms with van der Waals surface area (Å²) in [7, 11) is 0. The number of halogens is 3. The summed E-state index contributed by atoms with van der Waals surface area (Å²) in [6.45, 7) is 3.37. The topological polar surface area (TPSA) is 95.3 Å². The molecule has 198 valence electrons. The predicted octanol–water partition coefficient (Wildman–Crippen LogP) is 6.83. The molecular formula is C26H18F3N5O3S2. The van der Waals surface area contributed by atoms with Crippen LogP contribution in [0.15, 0.2) is 86.0 Å². The molecule has 0 saturated carbocycles. The third-order valence-electron chi connectivity index (χ3n) is 5.93. The summed E-state index contributed by atoms with van der Waals surface area (Å²) in [5.74, 6) is 0. The number of rotatable bonds is 6. The van der Waals surface area contributed by atoms with Crippen molar-refractivity contribution < 1.29 is 18.1 Å². The van der Waals surface area contributed by atoms with Gasteiger partial charge < -0.3 is 4.57 Å². The van der Waals surface area contributed by atoms with Crippen LogP contribution in [0, 0.1) is 24.0 Å². The largest absolute Gasteiger partial charge is 0.418 e. The number of nitrogens with zero attached hydrogens (tertiary/aromatic N) is 5. The van der Waals surface area contributed by atoms with Crippen LogP contribution in [0.5, 0.6) is 0 Å². The van der Waals surface area contributed by atoms with Crippen molar-refractivity contribution in [1.82, 2.24) is 14.2 Å². The molecule has 3 heterocycles. The van der Waals surface area contributed by atoms with Crippen LogP contribution in [0.2, 0.25) is 0 Å². The Morgan fingerprint density at radius 3 is 2.56 bits per heavy atom. The van der Waals surface area contributed by atoms with Crippen LogP contribution in [0.3, 0.4) is 0 Å². The number of hydrogen-bond acceptors (Lipinski definition) is 7. The molecule has 0 aliphatic heterocycles. The highest BCUT2D eigenvalue weighted by atomic mass is 32.2. The first-order chi connectivity index (χ1) is 18.5. The van der Waals surface area contributed by atoms with E-state index in [-0.39, 0.29) is 11.4 Å². The molecule has 3 aromatic heterocycles. The Labute approximate surface area is 227 Å². The van der Waals surface area contributed by atoms with Crippen LogP contribution in [-0.4, -0.2) is 25.4 Å². The second kappa shape index (κ2) is 10.2. The van der Waals surface area contributed by atoms with Crippen LogP contribution < -0.4 is 5.56 Å². The molecule has 5 aromatic rings. The van der Waals surface area contributed by atoms with Gasteiger partial charge in [-0.25, -0.2) is 4.98 Å². The first-order valence-corrected chi connectivity index (χ1v) is 13.0. The van der Waals surface area contributed by atoms with Crippen LogP contribution in [-0.2, 0) is 6.18 Å². The Morgan fingerprint density at radius 2 is 1.82 bits per heavy atom. The van der Waals surface area contributed by atoms with Gasteiger partial charge in [-0.2, -0.15) is 22.9 Å². The molecule has 13 heteroatoms. The van der Waals surface area contributed by atoms with E-state index in [1.165, 1.54) is 58.4 Å². The molecule has 39 heavy (non-hydrogen) atoms. The van der Waals surface area contributed by atoms with Crippen LogP contribution in [0.4, 0.5) is 18.9 Å². The standard InChI is InChI=1S/C26H18F3N5O3S2/c1-15-11-17(16(2)33(15)20-8-4-3-7-19(20)26(27,28)29)13-31-32-14-30-24-18(25(32)35)12-23(39-24)38-22-10-6-5-9-21(22)34(36)37/h3-14H,1-2H3/b31-13-. The van der Waals surface area contributed by atoms with E-state index < -0.39 is 22.2 Å². The molecule has 0 fully saturated rings. The average Bonchev–Trinajstić information content (AvgIpc) is 3.43. The van der Waals surface area contributed by atoms with Crippen molar-refractivity contribution in [3.63, 3.8) is 0 Å². The lowest BCUT2D eigenvalue weighted by atomic mass is 10.1. The second-order valence-corrected chi connectivity index (χ2v) is 10.8. The number of para-hydroxylation sites is 2. The molecule has 0 radical (unpaired) electrons. The maximum absolute atomic E-state index is 13.6. The Bertz CT molecular complexity index is 1820. The van der Waals surface area contributed by atoms with Gasteiger partial charge in [0.1, 0.15) is 11.2 Å². The van der Waals surface area contributed by atoms with Crippen molar-refractivity contribution in [1.29, 1.82) is 0 Å². The number of alkyl halides is 3. The zero-order valence-corrected chi connectivity index (χ0v) is 22.0. The molecule has 0 N–H and O–H groups in total. The molecule has 0 aliphatic carbocycles. The van der Waals surface area contributed by atoms with Gasteiger partial charge in [-0.15, -0.1) is 11.3 Å². The van der Waals surface area contributed by atoms with Gasteiger partial charge >= 0.3 is 6.18 Å². The zero-order chi connectivity index (χ0) is 27.9. The van der Waals surface area contributed by atoms with E-state index in [0.717, 1.165) is 10.7 Å². The third kappa shape index (κ3) is 5.10. The summed E-state index contributed by atoms with van der Waals surface area (Å²) in [6, 6.07) is 14.9. The zero-order valence-electron chi connectivity index (χ0n) is 20.3. The molecule has 0 unspecified atom stereocenters. The Hall–Kier alpha value is -4.23. The molecule has 2 aromatic carbocycles.